The molecule has 0 fully saturated rings. The molecule has 30 heavy (non-hydrogen) atoms. The summed E-state index contributed by atoms with van der Waals surface area (Å²) >= 11 is 0. The van der Waals surface area contributed by atoms with Crippen LogP contribution in [-0.4, -0.2) is 44.6 Å². The molecule has 1 N–H and O–H groups in total. The Balaban J connectivity index is 2.30. The lowest BCUT2D eigenvalue weighted by Crippen LogP contribution is -2.35. The molecule has 0 aliphatic rings. The fourth-order valence-corrected chi connectivity index (χ4v) is 2.81. The van der Waals surface area contributed by atoms with Gasteiger partial charge in [0.25, 0.3) is 0 Å². The number of para-hydroxylation sites is 2. The van der Waals surface area contributed by atoms with E-state index in [1.54, 1.807) is 49.4 Å². The summed E-state index contributed by atoms with van der Waals surface area (Å²) < 4.78 is 27.3. The van der Waals surface area contributed by atoms with E-state index < -0.39 is 18.2 Å². The number of aliphatic hydroxyl groups is 1. The van der Waals surface area contributed by atoms with E-state index >= 15 is 0 Å². The smallest absolute Gasteiger partial charge is 0.350 e. The zero-order valence-electron chi connectivity index (χ0n) is 17.9. The topological polar surface area (TPSA) is 83.5 Å². The number of hydrogen-bond donors (Lipinski definition) is 1. The maximum absolute atomic E-state index is 12.6. The van der Waals surface area contributed by atoms with Crippen molar-refractivity contribution >= 4 is 5.97 Å². The van der Waals surface area contributed by atoms with Gasteiger partial charge in [-0.2, -0.15) is 0 Å². The highest BCUT2D eigenvalue weighted by Crippen LogP contribution is 2.34. The molecule has 0 aliphatic carbocycles. The first-order valence-corrected chi connectivity index (χ1v) is 10.0. The summed E-state index contributed by atoms with van der Waals surface area (Å²) in [6.07, 6.45) is -0.656. The van der Waals surface area contributed by atoms with Crippen molar-refractivity contribution in [1.29, 1.82) is 0 Å². The lowest BCUT2D eigenvalue weighted by Gasteiger charge is -2.24. The number of unbranched alkanes of at least 4 members (excludes halogenated alkanes) is 1. The number of benzene rings is 2. The SMILES string of the molecule is CCCCOc1ccc(C(O)C(Oc2ccccc2OC)C(=O)OCC)cc1OC. The maximum Gasteiger partial charge on any atom is 0.350 e. The molecule has 0 amide bonds. The van der Waals surface area contributed by atoms with E-state index in [-0.39, 0.29) is 6.61 Å². The van der Waals surface area contributed by atoms with Crippen LogP contribution < -0.4 is 18.9 Å². The molecule has 0 bridgehead atoms. The lowest BCUT2D eigenvalue weighted by atomic mass is 10.0. The molecular weight excluding hydrogens is 388 g/mol. The Hall–Kier alpha value is -2.93. The first kappa shape index (κ1) is 23.3. The van der Waals surface area contributed by atoms with Gasteiger partial charge in [-0.3, -0.25) is 0 Å². The second kappa shape index (κ2) is 11.9. The van der Waals surface area contributed by atoms with Crippen molar-refractivity contribution in [2.24, 2.45) is 0 Å². The molecule has 164 valence electrons. The Labute approximate surface area is 177 Å². The first-order chi connectivity index (χ1) is 14.5. The Kier molecular flexibility index (Phi) is 9.28. The monoisotopic (exact) mass is 418 g/mol. The van der Waals surface area contributed by atoms with Crippen LogP contribution in [-0.2, 0) is 9.53 Å². The normalized spacial score (nSPS) is 12.6. The van der Waals surface area contributed by atoms with Gasteiger partial charge in [0.1, 0.15) is 6.10 Å². The molecule has 7 nitrogen and oxygen atoms in total. The van der Waals surface area contributed by atoms with Crippen molar-refractivity contribution in [2.45, 2.75) is 38.9 Å². The van der Waals surface area contributed by atoms with Crippen LogP contribution in [0.1, 0.15) is 38.4 Å². The van der Waals surface area contributed by atoms with Gasteiger partial charge >= 0.3 is 5.97 Å². The maximum atomic E-state index is 12.6. The van der Waals surface area contributed by atoms with Crippen molar-refractivity contribution in [2.75, 3.05) is 27.4 Å². The molecule has 2 atom stereocenters. The quantitative estimate of drug-likeness (QED) is 0.413. The van der Waals surface area contributed by atoms with Gasteiger partial charge in [0.05, 0.1) is 27.4 Å². The summed E-state index contributed by atoms with van der Waals surface area (Å²) in [5, 5.41) is 11.0. The van der Waals surface area contributed by atoms with Crippen molar-refractivity contribution in [3.05, 3.63) is 48.0 Å². The van der Waals surface area contributed by atoms with Crippen LogP contribution in [0.5, 0.6) is 23.0 Å². The highest BCUT2D eigenvalue weighted by Gasteiger charge is 2.33. The van der Waals surface area contributed by atoms with E-state index in [0.29, 0.717) is 35.2 Å². The van der Waals surface area contributed by atoms with E-state index in [0.717, 1.165) is 12.8 Å². The Bertz CT molecular complexity index is 806. The van der Waals surface area contributed by atoms with Gasteiger partial charge in [0.15, 0.2) is 23.0 Å². The van der Waals surface area contributed by atoms with Crippen LogP contribution in [0, 0.1) is 0 Å². The van der Waals surface area contributed by atoms with E-state index in [9.17, 15) is 9.90 Å². The second-order valence-electron chi connectivity index (χ2n) is 6.50. The molecule has 2 aromatic rings. The van der Waals surface area contributed by atoms with Gasteiger partial charge in [-0.1, -0.05) is 31.5 Å². The van der Waals surface area contributed by atoms with Crippen LogP contribution in [0.2, 0.25) is 0 Å². The van der Waals surface area contributed by atoms with E-state index in [1.807, 2.05) is 0 Å². The third kappa shape index (κ3) is 6.03. The number of ether oxygens (including phenoxy) is 5. The van der Waals surface area contributed by atoms with Gasteiger partial charge < -0.3 is 28.8 Å². The predicted octanol–water partition coefficient (Wildman–Crippen LogP) is 3.93. The molecule has 2 rings (SSSR count). The zero-order chi connectivity index (χ0) is 21.9. The molecule has 0 spiro atoms. The third-order valence-corrected chi connectivity index (χ3v) is 4.41. The highest BCUT2D eigenvalue weighted by molar-refractivity contribution is 5.76. The number of aliphatic hydroxyl groups excluding tert-OH is 1. The van der Waals surface area contributed by atoms with Gasteiger partial charge in [-0.15, -0.1) is 0 Å². The van der Waals surface area contributed by atoms with Crippen LogP contribution >= 0.6 is 0 Å². The molecule has 0 heterocycles. The molecule has 0 saturated heterocycles. The van der Waals surface area contributed by atoms with E-state index in [1.165, 1.54) is 14.2 Å². The number of hydrogen-bond acceptors (Lipinski definition) is 7. The predicted molar refractivity (Wildman–Crippen MR) is 112 cm³/mol. The summed E-state index contributed by atoms with van der Waals surface area (Å²) in [6, 6.07) is 11.9. The Morgan fingerprint density at radius 3 is 2.30 bits per heavy atom. The first-order valence-electron chi connectivity index (χ1n) is 10.0. The minimum Gasteiger partial charge on any atom is -0.493 e. The second-order valence-corrected chi connectivity index (χ2v) is 6.50. The van der Waals surface area contributed by atoms with E-state index in [4.69, 9.17) is 23.7 Å². The minimum atomic E-state index is -1.30. The van der Waals surface area contributed by atoms with Crippen LogP contribution in [0.15, 0.2) is 42.5 Å². The fourth-order valence-electron chi connectivity index (χ4n) is 2.81. The van der Waals surface area contributed by atoms with Crippen molar-refractivity contribution in [3.8, 4) is 23.0 Å². The number of methoxy groups -OCH3 is 2. The largest absolute Gasteiger partial charge is 0.493 e. The van der Waals surface area contributed by atoms with Gasteiger partial charge in [0.2, 0.25) is 6.10 Å². The molecule has 0 radical (unpaired) electrons. The standard InChI is InChI=1S/C23H30O7/c1-5-7-14-29-18-13-12-16(15-20(18)27-4)21(24)22(23(25)28-6-2)30-19-11-9-8-10-17(19)26-3/h8-13,15,21-22,24H,5-7,14H2,1-4H3. The molecule has 7 heteroatoms. The Morgan fingerprint density at radius 1 is 0.967 bits per heavy atom. The molecule has 0 aromatic heterocycles. The summed E-state index contributed by atoms with van der Waals surface area (Å²) in [6.45, 7) is 4.50. The average molecular weight is 418 g/mol. The summed E-state index contributed by atoms with van der Waals surface area (Å²) in [7, 11) is 3.02. The summed E-state index contributed by atoms with van der Waals surface area (Å²) in [4.78, 5) is 12.6. The number of carbonyl (C=O) groups excluding carboxylic acids is 1. The molecule has 0 saturated carbocycles. The van der Waals surface area contributed by atoms with Crippen LogP contribution in [0.4, 0.5) is 0 Å². The van der Waals surface area contributed by atoms with Gasteiger partial charge in [-0.25, -0.2) is 4.79 Å². The van der Waals surface area contributed by atoms with Crippen molar-refractivity contribution in [1.82, 2.24) is 0 Å². The summed E-state index contributed by atoms with van der Waals surface area (Å²) in [5.74, 6) is 1.11. The third-order valence-electron chi connectivity index (χ3n) is 4.41. The van der Waals surface area contributed by atoms with E-state index in [2.05, 4.69) is 6.92 Å². The molecule has 2 aromatic carbocycles. The Morgan fingerprint density at radius 2 is 1.67 bits per heavy atom. The number of rotatable bonds is 12. The van der Waals surface area contributed by atoms with Crippen molar-refractivity contribution in [3.63, 3.8) is 0 Å². The molecule has 2 unspecified atom stereocenters. The fraction of sp³-hybridized carbons (Fsp3) is 0.435. The van der Waals surface area contributed by atoms with Gasteiger partial charge in [0, 0.05) is 0 Å². The zero-order valence-corrected chi connectivity index (χ0v) is 17.9. The van der Waals surface area contributed by atoms with Crippen LogP contribution in [0.25, 0.3) is 0 Å². The number of carbonyl (C=O) groups is 1. The summed E-state index contributed by atoms with van der Waals surface area (Å²) in [5.41, 5.74) is 0.433. The van der Waals surface area contributed by atoms with Crippen molar-refractivity contribution < 1.29 is 33.6 Å². The lowest BCUT2D eigenvalue weighted by molar-refractivity contribution is -0.157. The highest BCUT2D eigenvalue weighted by atomic mass is 16.6. The minimum absolute atomic E-state index is 0.158. The molecular formula is C23H30O7. The van der Waals surface area contributed by atoms with Crippen LogP contribution in [0.3, 0.4) is 0 Å². The molecule has 0 aliphatic heterocycles. The number of esters is 1. The average Bonchev–Trinajstić information content (AvgIpc) is 2.77. The van der Waals surface area contributed by atoms with Gasteiger partial charge in [-0.05, 0) is 43.2 Å².